The lowest BCUT2D eigenvalue weighted by molar-refractivity contribution is -0.115. The van der Waals surface area contributed by atoms with Crippen molar-refractivity contribution in [2.75, 3.05) is 18.8 Å². The predicted molar refractivity (Wildman–Crippen MR) is 68.0 cm³/mol. The number of nitrogens with zero attached hydrogens (tertiary/aromatic N) is 1. The van der Waals surface area contributed by atoms with Crippen LogP contribution < -0.4 is 0 Å². The summed E-state index contributed by atoms with van der Waals surface area (Å²) in [6.45, 7) is 3.82. The van der Waals surface area contributed by atoms with Crippen LogP contribution in [0.4, 0.5) is 0 Å². The van der Waals surface area contributed by atoms with E-state index in [1.807, 2.05) is 0 Å². The highest BCUT2D eigenvalue weighted by atomic mass is 35.7. The normalized spacial score (nSPS) is 22.5. The Bertz CT molecular complexity index is 201. The first-order valence-corrected chi connectivity index (χ1v) is 8.05. The molecule has 0 bridgehead atoms. The average molecular weight is 251 g/mol. The van der Waals surface area contributed by atoms with Gasteiger partial charge in [-0.2, -0.15) is 0 Å². The maximum atomic E-state index is 11.1. The lowest BCUT2D eigenvalue weighted by Crippen LogP contribution is -2.23. The lowest BCUT2D eigenvalue weighted by atomic mass is 10.1. The van der Waals surface area contributed by atoms with Crippen LogP contribution in [0, 0.1) is 0 Å². The number of ketones is 1. The van der Waals surface area contributed by atoms with E-state index in [0.29, 0.717) is 18.1 Å². The van der Waals surface area contributed by atoms with Crippen molar-refractivity contribution >= 4 is 26.8 Å². The Balaban J connectivity index is 1.98. The molecule has 1 aliphatic rings. The second kappa shape index (κ2) is 7.53. The Kier molecular flexibility index (Phi) is 6.69. The molecule has 0 amide bonds. The van der Waals surface area contributed by atoms with Crippen LogP contribution in [0.3, 0.4) is 0 Å². The molecule has 1 saturated heterocycles. The van der Waals surface area contributed by atoms with E-state index in [1.165, 1.54) is 38.5 Å². The number of carbonyl (C=O) groups is 1. The summed E-state index contributed by atoms with van der Waals surface area (Å²) in [5, 5.41) is 0. The van der Waals surface area contributed by atoms with E-state index in [2.05, 4.69) is 11.2 Å². The molecule has 1 rings (SSSR count). The van der Waals surface area contributed by atoms with E-state index in [1.54, 1.807) is 0 Å². The van der Waals surface area contributed by atoms with Crippen molar-refractivity contribution in [1.82, 2.24) is 4.31 Å². The lowest BCUT2D eigenvalue weighted by Gasteiger charge is -2.07. The summed E-state index contributed by atoms with van der Waals surface area (Å²) in [7, 11) is 5.77. The minimum Gasteiger partial charge on any atom is -0.293 e. The topological polar surface area (TPSA) is 20.3 Å². The van der Waals surface area contributed by atoms with Crippen LogP contribution in [0.2, 0.25) is 0 Å². The van der Waals surface area contributed by atoms with Crippen LogP contribution >= 0.6 is 10.7 Å². The van der Waals surface area contributed by atoms with E-state index >= 15 is 0 Å². The number of rotatable bonds is 7. The molecule has 2 nitrogen and oxygen atoms in total. The van der Waals surface area contributed by atoms with Crippen LogP contribution in [0.5, 0.6) is 0 Å². The fraction of sp³-hybridized carbons (Fsp3) is 0.909. The van der Waals surface area contributed by atoms with Gasteiger partial charge < -0.3 is 0 Å². The van der Waals surface area contributed by atoms with Crippen LogP contribution in [0.15, 0.2) is 0 Å². The van der Waals surface area contributed by atoms with Gasteiger partial charge in [0, 0.05) is 6.54 Å². The Morgan fingerprint density at radius 2 is 1.93 bits per heavy atom. The third kappa shape index (κ3) is 5.23. The summed E-state index contributed by atoms with van der Waals surface area (Å²) in [6, 6.07) is 0. The second-order valence-electron chi connectivity index (χ2n) is 4.12. The maximum absolute atomic E-state index is 11.1. The number of hydrogen-bond donors (Lipinski definition) is 0. The highest BCUT2D eigenvalue weighted by molar-refractivity contribution is 8.17. The molecule has 0 aromatic carbocycles. The standard InChI is InChI=1S/C11H21ClNOS/c1-2-3-4-5-6-7-8-13-9-11(14)10-15(13)12/h2-10H2,1H3/q+1. The van der Waals surface area contributed by atoms with Gasteiger partial charge in [-0.15, -0.1) is 4.31 Å². The average Bonchev–Trinajstić information content (AvgIpc) is 2.51. The van der Waals surface area contributed by atoms with Gasteiger partial charge in [0.05, 0.1) is 0 Å². The molecular formula is C11H21ClNOS+. The van der Waals surface area contributed by atoms with Gasteiger partial charge in [-0.05, 0) is 6.42 Å². The Hall–Kier alpha value is 0.270. The summed E-state index contributed by atoms with van der Waals surface area (Å²) in [5.74, 6) is 0.872. The summed E-state index contributed by atoms with van der Waals surface area (Å²) in [4.78, 5) is 11.1. The quantitative estimate of drug-likeness (QED) is 0.512. The van der Waals surface area contributed by atoms with Gasteiger partial charge in [-0.25, -0.2) is 0 Å². The van der Waals surface area contributed by atoms with Gasteiger partial charge in [0.25, 0.3) is 0 Å². The Morgan fingerprint density at radius 3 is 2.53 bits per heavy atom. The van der Waals surface area contributed by atoms with Gasteiger partial charge in [0.15, 0.2) is 10.3 Å². The van der Waals surface area contributed by atoms with Gasteiger partial charge in [0.2, 0.25) is 22.2 Å². The van der Waals surface area contributed by atoms with Crippen molar-refractivity contribution in [1.29, 1.82) is 0 Å². The molecule has 15 heavy (non-hydrogen) atoms. The van der Waals surface area contributed by atoms with Gasteiger partial charge in [-0.1, -0.05) is 39.0 Å². The maximum Gasteiger partial charge on any atom is 0.206 e. The van der Waals surface area contributed by atoms with Crippen molar-refractivity contribution in [3.05, 3.63) is 0 Å². The van der Waals surface area contributed by atoms with Gasteiger partial charge in [-0.3, -0.25) is 4.79 Å². The molecule has 0 aromatic heterocycles. The van der Waals surface area contributed by atoms with Crippen LogP contribution in [-0.4, -0.2) is 28.9 Å². The van der Waals surface area contributed by atoms with Gasteiger partial charge >= 0.3 is 0 Å². The minimum absolute atomic E-state index is 0.294. The van der Waals surface area contributed by atoms with E-state index in [-0.39, 0.29) is 10.3 Å². The zero-order valence-electron chi connectivity index (χ0n) is 9.51. The zero-order chi connectivity index (χ0) is 11.1. The third-order valence-electron chi connectivity index (χ3n) is 2.67. The molecule has 1 fully saturated rings. The molecule has 0 aliphatic carbocycles. The molecule has 1 atom stereocenters. The fourth-order valence-corrected chi connectivity index (χ4v) is 3.65. The first kappa shape index (κ1) is 13.3. The summed E-state index contributed by atoms with van der Waals surface area (Å²) in [5.41, 5.74) is 0. The second-order valence-corrected chi connectivity index (χ2v) is 6.61. The Labute approximate surface area is 100 Å². The number of halogens is 1. The summed E-state index contributed by atoms with van der Waals surface area (Å²) in [6.07, 6.45) is 7.79. The van der Waals surface area contributed by atoms with Crippen molar-refractivity contribution in [2.24, 2.45) is 0 Å². The molecule has 88 valence electrons. The molecule has 0 saturated carbocycles. The van der Waals surface area contributed by atoms with Crippen molar-refractivity contribution in [2.45, 2.75) is 45.4 Å². The van der Waals surface area contributed by atoms with Crippen LogP contribution in [0.25, 0.3) is 0 Å². The molecule has 0 spiro atoms. The molecular weight excluding hydrogens is 230 g/mol. The smallest absolute Gasteiger partial charge is 0.206 e. The molecule has 0 N–H and O–H groups in total. The minimum atomic E-state index is -0.294. The Morgan fingerprint density at radius 1 is 1.27 bits per heavy atom. The molecule has 0 radical (unpaired) electrons. The first-order chi connectivity index (χ1) is 7.24. The highest BCUT2D eigenvalue weighted by Gasteiger charge is 2.39. The van der Waals surface area contributed by atoms with Gasteiger partial charge in [0.1, 0.15) is 6.54 Å². The first-order valence-electron chi connectivity index (χ1n) is 5.88. The highest BCUT2D eigenvalue weighted by Crippen LogP contribution is 2.19. The molecule has 0 aromatic rings. The number of hydrogen-bond acceptors (Lipinski definition) is 2. The largest absolute Gasteiger partial charge is 0.293 e. The molecule has 1 unspecified atom stereocenters. The molecule has 1 aliphatic heterocycles. The van der Waals surface area contributed by atoms with E-state index in [9.17, 15) is 4.79 Å². The molecule has 1 heterocycles. The third-order valence-corrected chi connectivity index (χ3v) is 5.02. The monoisotopic (exact) mass is 250 g/mol. The van der Waals surface area contributed by atoms with Crippen molar-refractivity contribution in [3.8, 4) is 0 Å². The number of Topliss-reactive ketones (excluding diaryl/α,β-unsaturated/α-hetero) is 1. The van der Waals surface area contributed by atoms with Crippen LogP contribution in [0.1, 0.15) is 45.4 Å². The number of unbranched alkanes of at least 4 members (excludes halogenated alkanes) is 5. The zero-order valence-corrected chi connectivity index (χ0v) is 11.1. The summed E-state index contributed by atoms with van der Waals surface area (Å²) >= 11 is 0. The molecule has 4 heteroatoms. The van der Waals surface area contributed by atoms with Crippen molar-refractivity contribution < 1.29 is 4.79 Å². The van der Waals surface area contributed by atoms with Crippen LogP contribution in [-0.2, 0) is 15.1 Å². The SMILES string of the molecule is CCCCCCCCN1CC(=O)C[S+]1Cl. The van der Waals surface area contributed by atoms with Crippen molar-refractivity contribution in [3.63, 3.8) is 0 Å². The predicted octanol–water partition coefficient (Wildman–Crippen LogP) is 2.92. The van der Waals surface area contributed by atoms with E-state index in [0.717, 1.165) is 6.54 Å². The number of carbonyl (C=O) groups excluding carboxylic acids is 1. The van der Waals surface area contributed by atoms with E-state index in [4.69, 9.17) is 10.7 Å². The van der Waals surface area contributed by atoms with E-state index < -0.39 is 0 Å². The summed E-state index contributed by atoms with van der Waals surface area (Å²) < 4.78 is 2.13. The fourth-order valence-electron chi connectivity index (χ4n) is 1.78.